The molecule has 2 amide bonds. The van der Waals surface area contributed by atoms with Crippen LogP contribution in [0.3, 0.4) is 0 Å². The molecule has 5 N–H and O–H groups in total. The molecule has 0 saturated carbocycles. The van der Waals surface area contributed by atoms with E-state index in [4.69, 9.17) is 15.0 Å². The van der Waals surface area contributed by atoms with Gasteiger partial charge in [-0.2, -0.15) is 0 Å². The molecule has 201 valence electrons. The van der Waals surface area contributed by atoms with Crippen LogP contribution in [0.5, 0.6) is 11.5 Å². The summed E-state index contributed by atoms with van der Waals surface area (Å²) in [5.41, 5.74) is 1.39. The number of nitrogens with one attached hydrogen (secondary N) is 2. The Kier molecular flexibility index (Phi) is 18.2. The summed E-state index contributed by atoms with van der Waals surface area (Å²) >= 11 is 0. The zero-order valence-electron chi connectivity index (χ0n) is 20.0. The van der Waals surface area contributed by atoms with Crippen LogP contribution in [0, 0.1) is 0 Å². The van der Waals surface area contributed by atoms with Gasteiger partial charge in [-0.1, -0.05) is 30.8 Å². The van der Waals surface area contributed by atoms with E-state index in [1.54, 1.807) is 24.3 Å². The third-order valence-corrected chi connectivity index (χ3v) is 4.08. The Morgan fingerprint density at radius 1 is 0.750 bits per heavy atom. The SMILES string of the molecule is CC(=O)N[C@@H](Cc1ccc(O)cc1)C(=O)[O-].CC(=O)N[C@@H](Cc1ccc(O)cc1)C(=O)[O-].C[SiH2]O.[Cu+2]. The van der Waals surface area contributed by atoms with E-state index >= 15 is 0 Å². The number of aromatic hydroxyl groups is 2. The summed E-state index contributed by atoms with van der Waals surface area (Å²) in [6.07, 6.45) is 0.254. The number of rotatable bonds is 8. The van der Waals surface area contributed by atoms with E-state index in [2.05, 4.69) is 10.6 Å². The van der Waals surface area contributed by atoms with E-state index in [1.807, 2.05) is 6.55 Å². The summed E-state index contributed by atoms with van der Waals surface area (Å²) in [5, 5.41) is 44.1. The van der Waals surface area contributed by atoms with Crippen molar-refractivity contribution in [2.75, 3.05) is 0 Å². The number of phenols is 2. The second-order valence-electron chi connectivity index (χ2n) is 7.20. The van der Waals surface area contributed by atoms with Gasteiger partial charge in [0.2, 0.25) is 11.8 Å². The first-order valence-electron chi connectivity index (χ1n) is 10.5. The summed E-state index contributed by atoms with van der Waals surface area (Å²) in [7, 11) is -0.583. The van der Waals surface area contributed by atoms with Gasteiger partial charge in [-0.25, -0.2) is 0 Å². The van der Waals surface area contributed by atoms with Gasteiger partial charge >= 0.3 is 17.1 Å². The van der Waals surface area contributed by atoms with Crippen LogP contribution in [0.25, 0.3) is 0 Å². The minimum absolute atomic E-state index is 0. The van der Waals surface area contributed by atoms with Crippen LogP contribution in [0.2, 0.25) is 6.55 Å². The van der Waals surface area contributed by atoms with Crippen LogP contribution >= 0.6 is 0 Å². The van der Waals surface area contributed by atoms with Crippen LogP contribution in [0.1, 0.15) is 25.0 Å². The average Bonchev–Trinajstić information content (AvgIpc) is 2.76. The quantitative estimate of drug-likeness (QED) is 0.213. The van der Waals surface area contributed by atoms with E-state index < -0.39 is 45.6 Å². The molecule has 0 heterocycles. The molecule has 0 aromatic heterocycles. The molecule has 1 radical (unpaired) electrons. The number of carbonyl (C=O) groups excluding carboxylic acids is 4. The van der Waals surface area contributed by atoms with E-state index in [0.717, 1.165) is 0 Å². The third kappa shape index (κ3) is 16.3. The number of carboxylic acids is 2. The summed E-state index contributed by atoms with van der Waals surface area (Å²) in [6, 6.07) is 10.1. The molecule has 2 atom stereocenters. The molecule has 36 heavy (non-hydrogen) atoms. The maximum Gasteiger partial charge on any atom is 2.00 e. The normalized spacial score (nSPS) is 11.3. The van der Waals surface area contributed by atoms with Crippen molar-refractivity contribution in [3.8, 4) is 11.5 Å². The van der Waals surface area contributed by atoms with Crippen molar-refractivity contribution in [1.29, 1.82) is 0 Å². The number of hydrogen-bond donors (Lipinski definition) is 5. The number of hydrogen-bond acceptors (Lipinski definition) is 9. The fraction of sp³-hybridized carbons (Fsp3) is 0.304. The van der Waals surface area contributed by atoms with E-state index in [-0.39, 0.29) is 41.4 Å². The molecule has 2 aromatic rings. The van der Waals surface area contributed by atoms with Crippen molar-refractivity contribution in [2.24, 2.45) is 0 Å². The maximum atomic E-state index is 10.8. The minimum atomic E-state index is -1.33. The first kappa shape index (κ1) is 34.8. The molecule has 0 aliphatic carbocycles. The fourth-order valence-electron chi connectivity index (χ4n) is 2.61. The van der Waals surface area contributed by atoms with Gasteiger partial charge in [0.15, 0.2) is 9.76 Å². The summed E-state index contributed by atoms with van der Waals surface area (Å²) in [5.74, 6) is -3.30. The van der Waals surface area contributed by atoms with Crippen molar-refractivity contribution in [3.63, 3.8) is 0 Å². The molecule has 0 unspecified atom stereocenters. The summed E-state index contributed by atoms with van der Waals surface area (Å²) in [6.45, 7) is 4.31. The molecular formula is C23H30CuN2O9Si. The van der Waals surface area contributed by atoms with Crippen LogP contribution in [0.15, 0.2) is 48.5 Å². The molecule has 0 fully saturated rings. The Balaban J connectivity index is 0. The minimum Gasteiger partial charge on any atom is -0.548 e. The topological polar surface area (TPSA) is 199 Å². The fourth-order valence-corrected chi connectivity index (χ4v) is 2.61. The molecular weight excluding hydrogens is 540 g/mol. The third-order valence-electron chi connectivity index (χ3n) is 4.08. The maximum absolute atomic E-state index is 10.8. The molecule has 2 rings (SSSR count). The van der Waals surface area contributed by atoms with E-state index in [0.29, 0.717) is 11.1 Å². The Hall–Kier alpha value is -3.38. The van der Waals surface area contributed by atoms with Gasteiger partial charge in [0, 0.05) is 13.8 Å². The van der Waals surface area contributed by atoms with Gasteiger partial charge < -0.3 is 45.4 Å². The Morgan fingerprint density at radius 3 is 1.19 bits per heavy atom. The number of aliphatic carboxylic acids is 2. The molecule has 0 spiro atoms. The van der Waals surface area contributed by atoms with Crippen LogP contribution in [-0.2, 0) is 49.1 Å². The molecule has 2 aromatic carbocycles. The Labute approximate surface area is 222 Å². The number of amides is 2. The van der Waals surface area contributed by atoms with E-state index in [1.165, 1.54) is 38.1 Å². The summed E-state index contributed by atoms with van der Waals surface area (Å²) in [4.78, 5) is 50.7. The summed E-state index contributed by atoms with van der Waals surface area (Å²) < 4.78 is 0. The zero-order chi connectivity index (χ0) is 27.0. The van der Waals surface area contributed by atoms with Gasteiger partial charge in [-0.15, -0.1) is 0 Å². The smallest absolute Gasteiger partial charge is 0.548 e. The molecule has 0 aliphatic rings. The first-order chi connectivity index (χ1) is 16.4. The van der Waals surface area contributed by atoms with Crippen LogP contribution in [-0.4, -0.2) is 60.6 Å². The second-order valence-corrected chi connectivity index (χ2v) is 7.83. The van der Waals surface area contributed by atoms with Crippen molar-refractivity contribution >= 4 is 33.5 Å². The van der Waals surface area contributed by atoms with Gasteiger partial charge in [0.25, 0.3) is 0 Å². The standard InChI is InChI=1S/2C11H13NO4.CH6OSi.Cu/c2*1-7(13)12-10(11(15)16)6-8-2-4-9(14)5-3-8;1-3-2;/h2*2-5,10,14H,6H2,1H3,(H,12,13)(H,15,16);2H,3H2,1H3;/q;;;+2/p-2/t2*10-;;/m00../s1. The largest absolute Gasteiger partial charge is 2.00 e. The molecule has 13 heteroatoms. The van der Waals surface area contributed by atoms with Crippen LogP contribution in [0.4, 0.5) is 0 Å². The monoisotopic (exact) mass is 569 g/mol. The van der Waals surface area contributed by atoms with Crippen molar-refractivity contribution in [2.45, 2.75) is 45.3 Å². The molecule has 0 bridgehead atoms. The average molecular weight is 570 g/mol. The Bertz CT molecular complexity index is 880. The zero-order valence-corrected chi connectivity index (χ0v) is 22.3. The van der Waals surface area contributed by atoms with Crippen molar-refractivity contribution < 1.29 is 61.5 Å². The first-order valence-corrected chi connectivity index (χ1v) is 12.6. The van der Waals surface area contributed by atoms with Crippen LogP contribution < -0.4 is 20.8 Å². The van der Waals surface area contributed by atoms with Gasteiger partial charge in [0.05, 0.1) is 24.0 Å². The number of phenolic OH excluding ortho intramolecular Hbond substituents is 2. The number of carbonyl (C=O) groups is 4. The number of benzene rings is 2. The molecule has 0 saturated heterocycles. The predicted molar refractivity (Wildman–Crippen MR) is 125 cm³/mol. The van der Waals surface area contributed by atoms with Crippen molar-refractivity contribution in [3.05, 3.63) is 59.7 Å². The van der Waals surface area contributed by atoms with Gasteiger partial charge in [-0.3, -0.25) is 9.59 Å². The van der Waals surface area contributed by atoms with Gasteiger partial charge in [-0.05, 0) is 48.2 Å². The van der Waals surface area contributed by atoms with E-state index in [9.17, 15) is 29.4 Å². The second kappa shape index (κ2) is 18.9. The van der Waals surface area contributed by atoms with Gasteiger partial charge in [0.1, 0.15) is 11.5 Å². The molecule has 0 aliphatic heterocycles. The molecule has 11 nitrogen and oxygen atoms in total. The predicted octanol–water partition coefficient (Wildman–Crippen LogP) is -2.51. The van der Waals surface area contributed by atoms with Crippen molar-refractivity contribution in [1.82, 2.24) is 10.6 Å². The Morgan fingerprint density at radius 2 is 1.00 bits per heavy atom. The number of carboxylic acid groups (broad SMARTS) is 2.